The van der Waals surface area contributed by atoms with Crippen LogP contribution in [0.5, 0.6) is 5.75 Å². The van der Waals surface area contributed by atoms with Gasteiger partial charge in [0.25, 0.3) is 0 Å². The molecule has 1 aliphatic heterocycles. The molecule has 6 heteroatoms. The third-order valence-corrected chi connectivity index (χ3v) is 5.21. The van der Waals surface area contributed by atoms with E-state index in [1.807, 2.05) is 30.3 Å². The van der Waals surface area contributed by atoms with E-state index in [1.54, 1.807) is 0 Å². The smallest absolute Gasteiger partial charge is 0.417 e. The second-order valence-corrected chi connectivity index (χ2v) is 7.42. The molecule has 1 saturated heterocycles. The predicted octanol–water partition coefficient (Wildman–Crippen LogP) is 5.21. The van der Waals surface area contributed by atoms with Gasteiger partial charge in [0, 0.05) is 31.6 Å². The van der Waals surface area contributed by atoms with Gasteiger partial charge in [-0.15, -0.1) is 0 Å². The highest BCUT2D eigenvalue weighted by atomic mass is 19.4. The van der Waals surface area contributed by atoms with E-state index < -0.39 is 17.5 Å². The Morgan fingerprint density at radius 2 is 1.64 bits per heavy atom. The first-order valence-corrected chi connectivity index (χ1v) is 9.43. The molecule has 0 atom stereocenters. The molecule has 0 amide bonds. The zero-order chi connectivity index (χ0) is 20.2. The molecule has 2 aromatic rings. The number of halogens is 3. The molecule has 1 aliphatic rings. The second kappa shape index (κ2) is 8.35. The number of benzene rings is 2. The summed E-state index contributed by atoms with van der Waals surface area (Å²) in [5, 5.41) is 0. The Hall–Kier alpha value is -2.34. The minimum absolute atomic E-state index is 0.0728. The van der Waals surface area contributed by atoms with Crippen LogP contribution in [-0.2, 0) is 6.18 Å². The number of ketones is 1. The number of carbonyl (C=O) groups excluding carboxylic acids is 1. The first-order chi connectivity index (χ1) is 13.3. The molecule has 0 radical (unpaired) electrons. The van der Waals surface area contributed by atoms with E-state index in [0.717, 1.165) is 37.7 Å². The molecule has 150 valence electrons. The quantitative estimate of drug-likeness (QED) is 0.633. The third kappa shape index (κ3) is 5.13. The number of para-hydroxylation sites is 1. The highest BCUT2D eigenvalue weighted by Crippen LogP contribution is 2.33. The van der Waals surface area contributed by atoms with Crippen molar-refractivity contribution in [1.29, 1.82) is 0 Å². The number of rotatable bonds is 6. The number of ether oxygens (including phenoxy) is 1. The summed E-state index contributed by atoms with van der Waals surface area (Å²) in [7, 11) is 0. The number of Topliss-reactive ketones (excluding diaryl/α,β-unsaturated/α-hetero) is 1. The van der Waals surface area contributed by atoms with Gasteiger partial charge in [0.05, 0.1) is 5.56 Å². The van der Waals surface area contributed by atoms with Crippen LogP contribution in [0.25, 0.3) is 0 Å². The van der Waals surface area contributed by atoms with Crippen LogP contribution in [-0.4, -0.2) is 35.9 Å². The molecule has 3 nitrogen and oxygen atoms in total. The van der Waals surface area contributed by atoms with Gasteiger partial charge in [-0.2, -0.15) is 13.2 Å². The SMILES string of the molecule is CC1(Oc2ccccc2)CCN(CCC(=O)c2ccccc2C(F)(F)F)CC1. The average Bonchev–Trinajstić information content (AvgIpc) is 2.67. The van der Waals surface area contributed by atoms with Gasteiger partial charge in [0.1, 0.15) is 11.4 Å². The van der Waals surface area contributed by atoms with Crippen LogP contribution >= 0.6 is 0 Å². The molecule has 0 spiro atoms. The molecule has 0 bridgehead atoms. The Bertz CT molecular complexity index is 797. The van der Waals surface area contributed by atoms with E-state index >= 15 is 0 Å². The summed E-state index contributed by atoms with van der Waals surface area (Å²) < 4.78 is 45.4. The van der Waals surface area contributed by atoms with Gasteiger partial charge in [0.15, 0.2) is 5.78 Å². The molecule has 28 heavy (non-hydrogen) atoms. The number of hydrogen-bond acceptors (Lipinski definition) is 3. The first-order valence-electron chi connectivity index (χ1n) is 9.43. The maximum Gasteiger partial charge on any atom is 0.417 e. The lowest BCUT2D eigenvalue weighted by atomic mass is 9.92. The number of carbonyl (C=O) groups is 1. The van der Waals surface area contributed by atoms with Crippen molar-refractivity contribution < 1.29 is 22.7 Å². The largest absolute Gasteiger partial charge is 0.487 e. The first kappa shape index (κ1) is 20.4. The summed E-state index contributed by atoms with van der Waals surface area (Å²) in [5.41, 5.74) is -1.38. The minimum atomic E-state index is -4.52. The van der Waals surface area contributed by atoms with E-state index in [4.69, 9.17) is 4.74 Å². The van der Waals surface area contributed by atoms with Crippen LogP contribution in [0.2, 0.25) is 0 Å². The zero-order valence-corrected chi connectivity index (χ0v) is 15.8. The molecule has 0 saturated carbocycles. The van der Waals surface area contributed by atoms with Gasteiger partial charge in [0.2, 0.25) is 0 Å². The number of nitrogens with zero attached hydrogens (tertiary/aromatic N) is 1. The Morgan fingerprint density at radius 3 is 2.29 bits per heavy atom. The van der Waals surface area contributed by atoms with Crippen LogP contribution in [0.15, 0.2) is 54.6 Å². The highest BCUT2D eigenvalue weighted by molar-refractivity contribution is 5.97. The van der Waals surface area contributed by atoms with Gasteiger partial charge in [-0.3, -0.25) is 4.79 Å². The Balaban J connectivity index is 1.53. The van der Waals surface area contributed by atoms with E-state index in [2.05, 4.69) is 11.8 Å². The molecule has 3 rings (SSSR count). The van der Waals surface area contributed by atoms with E-state index in [0.29, 0.717) is 6.54 Å². The van der Waals surface area contributed by atoms with Gasteiger partial charge >= 0.3 is 6.18 Å². The molecular formula is C22H24F3NO2. The van der Waals surface area contributed by atoms with Crippen molar-refractivity contribution in [3.63, 3.8) is 0 Å². The Morgan fingerprint density at radius 1 is 1.04 bits per heavy atom. The molecule has 0 aliphatic carbocycles. The van der Waals surface area contributed by atoms with Crippen LogP contribution < -0.4 is 4.74 Å². The van der Waals surface area contributed by atoms with Crippen molar-refractivity contribution >= 4 is 5.78 Å². The van der Waals surface area contributed by atoms with Gasteiger partial charge in [-0.05, 0) is 38.0 Å². The Labute approximate surface area is 163 Å². The number of alkyl halides is 3. The van der Waals surface area contributed by atoms with Crippen molar-refractivity contribution in [2.24, 2.45) is 0 Å². The fraction of sp³-hybridized carbons (Fsp3) is 0.409. The van der Waals surface area contributed by atoms with Crippen LogP contribution in [0.1, 0.15) is 42.1 Å². The number of piperidine rings is 1. The van der Waals surface area contributed by atoms with E-state index in [-0.39, 0.29) is 17.6 Å². The number of hydrogen-bond donors (Lipinski definition) is 0. The maximum atomic E-state index is 13.1. The second-order valence-electron chi connectivity index (χ2n) is 7.42. The normalized spacial score (nSPS) is 17.3. The van der Waals surface area contributed by atoms with Crippen LogP contribution in [0, 0.1) is 0 Å². The van der Waals surface area contributed by atoms with E-state index in [9.17, 15) is 18.0 Å². The molecule has 0 aromatic heterocycles. The summed E-state index contributed by atoms with van der Waals surface area (Å²) in [6, 6.07) is 14.6. The summed E-state index contributed by atoms with van der Waals surface area (Å²) in [6.07, 6.45) is -2.85. The molecule has 1 heterocycles. The van der Waals surface area contributed by atoms with Gasteiger partial charge in [-0.1, -0.05) is 36.4 Å². The van der Waals surface area contributed by atoms with Gasteiger partial charge in [-0.25, -0.2) is 0 Å². The minimum Gasteiger partial charge on any atom is -0.487 e. The van der Waals surface area contributed by atoms with E-state index in [1.165, 1.54) is 18.2 Å². The fourth-order valence-electron chi connectivity index (χ4n) is 3.49. The van der Waals surface area contributed by atoms with Crippen molar-refractivity contribution in [2.75, 3.05) is 19.6 Å². The molecule has 0 unspecified atom stereocenters. The highest BCUT2D eigenvalue weighted by Gasteiger charge is 2.35. The lowest BCUT2D eigenvalue weighted by Gasteiger charge is -2.39. The maximum absolute atomic E-state index is 13.1. The summed E-state index contributed by atoms with van der Waals surface area (Å²) in [5.74, 6) is 0.360. The fourth-order valence-corrected chi connectivity index (χ4v) is 3.49. The number of likely N-dealkylation sites (tertiary alicyclic amines) is 1. The molecule has 0 N–H and O–H groups in total. The lowest BCUT2D eigenvalue weighted by Crippen LogP contribution is -2.46. The topological polar surface area (TPSA) is 29.5 Å². The zero-order valence-electron chi connectivity index (χ0n) is 15.8. The third-order valence-electron chi connectivity index (χ3n) is 5.21. The standard InChI is InChI=1S/C22H24F3NO2/c1-21(28-17-7-3-2-4-8-17)12-15-26(16-13-21)14-11-20(27)18-9-5-6-10-19(18)22(23,24)25/h2-10H,11-16H2,1H3. The van der Waals surface area contributed by atoms with Crippen molar-refractivity contribution in [3.05, 3.63) is 65.7 Å². The van der Waals surface area contributed by atoms with Crippen LogP contribution in [0.3, 0.4) is 0 Å². The van der Waals surface area contributed by atoms with Crippen molar-refractivity contribution in [1.82, 2.24) is 4.90 Å². The molecular weight excluding hydrogens is 367 g/mol. The molecule has 2 aromatic carbocycles. The summed E-state index contributed by atoms with van der Waals surface area (Å²) in [4.78, 5) is 14.5. The Kier molecular flexibility index (Phi) is 6.08. The van der Waals surface area contributed by atoms with Crippen LogP contribution in [0.4, 0.5) is 13.2 Å². The van der Waals surface area contributed by atoms with Crippen molar-refractivity contribution in [2.45, 2.75) is 38.0 Å². The lowest BCUT2D eigenvalue weighted by molar-refractivity contribution is -0.137. The van der Waals surface area contributed by atoms with Gasteiger partial charge < -0.3 is 9.64 Å². The summed E-state index contributed by atoms with van der Waals surface area (Å²) >= 11 is 0. The average molecular weight is 391 g/mol. The predicted molar refractivity (Wildman–Crippen MR) is 102 cm³/mol. The molecule has 1 fully saturated rings. The summed E-state index contributed by atoms with van der Waals surface area (Å²) in [6.45, 7) is 4.02. The van der Waals surface area contributed by atoms with Crippen molar-refractivity contribution in [3.8, 4) is 5.75 Å². The monoisotopic (exact) mass is 391 g/mol.